The first-order chi connectivity index (χ1) is 21.0. The molecule has 0 heterocycles. The van der Waals surface area contributed by atoms with Crippen molar-refractivity contribution in [2.45, 2.75) is 166 Å². The summed E-state index contributed by atoms with van der Waals surface area (Å²) in [5, 5.41) is 53.7. The SMILES string of the molecule is C=CC(=O)Cl.C=CC(=O)OC12CC3CC(C(C)(C)O)(C1)CC(C(C)(C)O)(C3)C2.CC(C)(O)C12CC3CC(O)(C1)CC(C(C)(C)O)(C3)C2. The molecule has 8 aliphatic rings. The van der Waals surface area contributed by atoms with Crippen molar-refractivity contribution in [1.82, 2.24) is 0 Å². The van der Waals surface area contributed by atoms with E-state index in [1.165, 1.54) is 6.08 Å². The summed E-state index contributed by atoms with van der Waals surface area (Å²) < 4.78 is 5.86. The molecule has 0 aromatic heterocycles. The molecule has 0 radical (unpaired) electrons. The number of halogens is 1. The van der Waals surface area contributed by atoms with E-state index < -0.39 is 44.8 Å². The van der Waals surface area contributed by atoms with E-state index in [0.29, 0.717) is 37.5 Å². The molecule has 5 N–H and O–H groups in total. The quantitative estimate of drug-likeness (QED) is 0.123. The highest BCUT2D eigenvalue weighted by atomic mass is 35.5. The molecule has 8 fully saturated rings. The molecule has 0 aliphatic heterocycles. The predicted octanol–water partition coefficient (Wildman–Crippen LogP) is 6.13. The molecule has 8 nitrogen and oxygen atoms in total. The van der Waals surface area contributed by atoms with Gasteiger partial charge in [-0.3, -0.25) is 4.79 Å². The Morgan fingerprint density at radius 1 is 0.617 bits per heavy atom. The third-order valence-electron chi connectivity index (χ3n) is 13.9. The zero-order valence-corrected chi connectivity index (χ0v) is 30.8. The summed E-state index contributed by atoms with van der Waals surface area (Å²) in [6, 6.07) is 0. The van der Waals surface area contributed by atoms with Gasteiger partial charge >= 0.3 is 5.97 Å². The minimum absolute atomic E-state index is 0.235. The third-order valence-corrected chi connectivity index (χ3v) is 14.0. The molecule has 8 bridgehead atoms. The Balaban J connectivity index is 0.000000189. The first-order valence-corrected chi connectivity index (χ1v) is 17.7. The Labute approximate surface area is 287 Å². The lowest BCUT2D eigenvalue weighted by Crippen LogP contribution is -2.70. The number of hydrogen-bond acceptors (Lipinski definition) is 8. The number of allylic oxidation sites excluding steroid dienone is 1. The maximum atomic E-state index is 11.9. The second kappa shape index (κ2) is 11.6. The molecular weight excluding hydrogens is 620 g/mol. The van der Waals surface area contributed by atoms with E-state index in [4.69, 9.17) is 16.3 Å². The van der Waals surface area contributed by atoms with Gasteiger partial charge < -0.3 is 30.3 Å². The first-order valence-electron chi connectivity index (χ1n) is 17.3. The Morgan fingerprint density at radius 3 is 1.21 bits per heavy atom. The average molecular weight is 681 g/mol. The van der Waals surface area contributed by atoms with Crippen molar-refractivity contribution in [3.8, 4) is 0 Å². The fraction of sp³-hybridized carbons (Fsp3) is 0.842. The molecule has 9 heteroatoms. The summed E-state index contributed by atoms with van der Waals surface area (Å²) in [7, 11) is 0. The fourth-order valence-electron chi connectivity index (χ4n) is 11.8. The van der Waals surface area contributed by atoms with Gasteiger partial charge in [-0.2, -0.15) is 0 Å². The maximum Gasteiger partial charge on any atom is 0.330 e. The van der Waals surface area contributed by atoms with Crippen molar-refractivity contribution in [1.29, 1.82) is 0 Å². The zero-order chi connectivity index (χ0) is 35.9. The van der Waals surface area contributed by atoms with E-state index in [1.54, 1.807) is 0 Å². The van der Waals surface area contributed by atoms with Crippen LogP contribution >= 0.6 is 11.6 Å². The molecule has 47 heavy (non-hydrogen) atoms. The molecule has 0 aromatic carbocycles. The fourth-order valence-corrected chi connectivity index (χ4v) is 11.8. The molecule has 0 saturated heterocycles. The van der Waals surface area contributed by atoms with Crippen LogP contribution in [0, 0.1) is 33.5 Å². The summed E-state index contributed by atoms with van der Waals surface area (Å²) in [6.45, 7) is 21.6. The summed E-state index contributed by atoms with van der Waals surface area (Å²) in [6.07, 6.45) is 12.2. The number of carbonyl (C=O) groups is 2. The van der Waals surface area contributed by atoms with Gasteiger partial charge in [-0.25, -0.2) is 4.79 Å². The van der Waals surface area contributed by atoms with Gasteiger partial charge in [-0.15, -0.1) is 0 Å². The Kier molecular flexibility index (Phi) is 9.53. The van der Waals surface area contributed by atoms with Crippen molar-refractivity contribution < 1.29 is 39.9 Å². The van der Waals surface area contributed by atoms with Gasteiger partial charge in [0.15, 0.2) is 0 Å². The average Bonchev–Trinajstić information content (AvgIpc) is 2.84. The zero-order valence-electron chi connectivity index (χ0n) is 30.0. The van der Waals surface area contributed by atoms with Gasteiger partial charge in [0, 0.05) is 27.7 Å². The van der Waals surface area contributed by atoms with Crippen LogP contribution in [0.2, 0.25) is 0 Å². The van der Waals surface area contributed by atoms with Crippen LogP contribution in [0.3, 0.4) is 0 Å². The minimum atomic E-state index is -0.866. The molecule has 4 unspecified atom stereocenters. The highest BCUT2D eigenvalue weighted by Crippen LogP contribution is 2.73. The molecule has 8 rings (SSSR count). The number of esters is 1. The van der Waals surface area contributed by atoms with E-state index in [0.717, 1.165) is 57.4 Å². The van der Waals surface area contributed by atoms with Crippen LogP contribution in [-0.4, -0.2) is 70.4 Å². The second-order valence-corrected chi connectivity index (χ2v) is 19.3. The van der Waals surface area contributed by atoms with Crippen molar-refractivity contribution in [2.75, 3.05) is 0 Å². The number of ether oxygens (including phenoxy) is 1. The highest BCUT2D eigenvalue weighted by molar-refractivity contribution is 6.66. The van der Waals surface area contributed by atoms with Crippen LogP contribution < -0.4 is 0 Å². The second-order valence-electron chi connectivity index (χ2n) is 18.9. The monoisotopic (exact) mass is 680 g/mol. The van der Waals surface area contributed by atoms with E-state index in [-0.39, 0.29) is 21.7 Å². The van der Waals surface area contributed by atoms with Crippen LogP contribution in [0.5, 0.6) is 0 Å². The molecule has 0 aromatic rings. The number of aliphatic hydroxyl groups is 5. The van der Waals surface area contributed by atoms with Crippen LogP contribution in [0.25, 0.3) is 0 Å². The van der Waals surface area contributed by atoms with E-state index in [9.17, 15) is 35.1 Å². The van der Waals surface area contributed by atoms with Crippen molar-refractivity contribution in [2.24, 2.45) is 33.5 Å². The summed E-state index contributed by atoms with van der Waals surface area (Å²) in [5.41, 5.74) is -5.67. The van der Waals surface area contributed by atoms with Gasteiger partial charge in [-0.05, 0) is 162 Å². The van der Waals surface area contributed by atoms with Crippen LogP contribution in [-0.2, 0) is 14.3 Å². The summed E-state index contributed by atoms with van der Waals surface area (Å²) in [5.74, 6) is 0.421. The number of hydrogen-bond donors (Lipinski definition) is 5. The van der Waals surface area contributed by atoms with Gasteiger partial charge in [-0.1, -0.05) is 13.2 Å². The number of carbonyl (C=O) groups excluding carboxylic acids is 2. The minimum Gasteiger partial charge on any atom is -0.456 e. The lowest BCUT2D eigenvalue weighted by molar-refractivity contribution is -0.284. The predicted molar refractivity (Wildman–Crippen MR) is 182 cm³/mol. The maximum absolute atomic E-state index is 11.9. The van der Waals surface area contributed by atoms with Gasteiger partial charge in [0.25, 0.3) is 0 Å². The largest absolute Gasteiger partial charge is 0.456 e. The van der Waals surface area contributed by atoms with Gasteiger partial charge in [0.1, 0.15) is 5.60 Å². The lowest BCUT2D eigenvalue weighted by atomic mass is 9.37. The topological polar surface area (TPSA) is 145 Å². The summed E-state index contributed by atoms with van der Waals surface area (Å²) >= 11 is 4.71. The van der Waals surface area contributed by atoms with Crippen LogP contribution in [0.1, 0.15) is 132 Å². The van der Waals surface area contributed by atoms with E-state index >= 15 is 0 Å². The van der Waals surface area contributed by atoms with E-state index in [1.807, 2.05) is 55.4 Å². The molecule has 4 atom stereocenters. The first kappa shape index (κ1) is 38.5. The Morgan fingerprint density at radius 2 is 0.936 bits per heavy atom. The smallest absolute Gasteiger partial charge is 0.330 e. The molecule has 0 amide bonds. The Hall–Kier alpha value is -1.29. The molecule has 8 saturated carbocycles. The Bertz CT molecular complexity index is 1200. The van der Waals surface area contributed by atoms with E-state index in [2.05, 4.69) is 13.2 Å². The molecular formula is C38H61ClO8. The normalized spacial score (nSPS) is 41.7. The van der Waals surface area contributed by atoms with Crippen molar-refractivity contribution in [3.63, 3.8) is 0 Å². The van der Waals surface area contributed by atoms with Crippen LogP contribution in [0.4, 0.5) is 0 Å². The van der Waals surface area contributed by atoms with Crippen molar-refractivity contribution in [3.05, 3.63) is 25.3 Å². The molecule has 0 spiro atoms. The third kappa shape index (κ3) is 6.78. The molecule has 8 aliphatic carbocycles. The van der Waals surface area contributed by atoms with Gasteiger partial charge in [0.2, 0.25) is 5.24 Å². The number of rotatable bonds is 7. The van der Waals surface area contributed by atoms with Crippen LogP contribution in [0.15, 0.2) is 25.3 Å². The highest BCUT2D eigenvalue weighted by Gasteiger charge is 2.71. The van der Waals surface area contributed by atoms with Gasteiger partial charge in [0.05, 0.1) is 28.0 Å². The lowest BCUT2D eigenvalue weighted by Gasteiger charge is -2.70. The van der Waals surface area contributed by atoms with Crippen molar-refractivity contribution >= 4 is 22.8 Å². The molecule has 268 valence electrons. The standard InChI is InChI=1S/C19H30O4.C16H28O3.C3H3ClO/c1-6-14(20)23-19-9-13-7-17(11-19,15(2,3)21)10-18(8-13,12-19)16(4,5)22;1-12(2,17)14-5-11-6-15(8-14,13(3,4)18)10-16(19,7-11)9-14;1-2-3(4)5/h6,13,21-22H,1,7-12H2,2-5H3;11,17-19H,5-10H2,1-4H3;2H,1H2. The summed E-state index contributed by atoms with van der Waals surface area (Å²) in [4.78, 5) is 21.4.